The highest BCUT2D eigenvalue weighted by Gasteiger charge is 1.99. The number of hydrogen-bond acceptors (Lipinski definition) is 2. The van der Waals surface area contributed by atoms with Crippen LogP contribution in [0.3, 0.4) is 0 Å². The first-order valence-corrected chi connectivity index (χ1v) is 3.56. The van der Waals surface area contributed by atoms with E-state index in [2.05, 4.69) is 30.5 Å². The van der Waals surface area contributed by atoms with Crippen molar-refractivity contribution in [2.45, 2.75) is 26.3 Å². The largest absolute Gasteiger partial charge is 0.376 e. The molecule has 10 heavy (non-hydrogen) atoms. The lowest BCUT2D eigenvalue weighted by Gasteiger charge is -2.20. The molecule has 0 amide bonds. The topological polar surface area (TPSA) is 15.6 Å². The van der Waals surface area contributed by atoms with Gasteiger partial charge in [0.15, 0.2) is 0 Å². The van der Waals surface area contributed by atoms with Crippen LogP contribution in [0.1, 0.15) is 20.3 Å². The van der Waals surface area contributed by atoms with Crippen molar-refractivity contribution < 1.29 is 0 Å². The first-order chi connectivity index (χ1) is 4.72. The Balaban J connectivity index is 3.70. The molecule has 0 saturated heterocycles. The van der Waals surface area contributed by atoms with Gasteiger partial charge in [-0.05, 0) is 20.1 Å². The maximum Gasteiger partial charge on any atom is 0.0419 e. The van der Waals surface area contributed by atoms with Crippen LogP contribution in [0.25, 0.3) is 0 Å². The monoisotopic (exact) mass is 140 g/mol. The number of aliphatic imine (C=N–C) groups is 1. The van der Waals surface area contributed by atoms with Crippen molar-refractivity contribution >= 4 is 6.72 Å². The van der Waals surface area contributed by atoms with Crippen molar-refractivity contribution in [3.8, 4) is 0 Å². The van der Waals surface area contributed by atoms with Crippen molar-refractivity contribution in [2.24, 2.45) is 4.99 Å². The van der Waals surface area contributed by atoms with Gasteiger partial charge in [-0.15, -0.1) is 0 Å². The van der Waals surface area contributed by atoms with Crippen LogP contribution in [0.5, 0.6) is 0 Å². The van der Waals surface area contributed by atoms with Crippen LogP contribution in [-0.2, 0) is 0 Å². The van der Waals surface area contributed by atoms with Gasteiger partial charge >= 0.3 is 0 Å². The first-order valence-electron chi connectivity index (χ1n) is 3.56. The lowest BCUT2D eigenvalue weighted by Crippen LogP contribution is -2.22. The van der Waals surface area contributed by atoms with Crippen LogP contribution in [0, 0.1) is 0 Å². The van der Waals surface area contributed by atoms with Gasteiger partial charge < -0.3 is 4.90 Å². The second-order valence-electron chi connectivity index (χ2n) is 2.40. The summed E-state index contributed by atoms with van der Waals surface area (Å²) in [4.78, 5) is 5.74. The van der Waals surface area contributed by atoms with E-state index < -0.39 is 0 Å². The van der Waals surface area contributed by atoms with Crippen LogP contribution in [0.15, 0.2) is 17.4 Å². The molecular formula is C8H16N2. The standard InChI is InChI=1S/C8H16N2/c1-5-8(2)10(4)7-6-9-3/h6-8H,3,5H2,1-2,4H3/b7-6-. The van der Waals surface area contributed by atoms with Gasteiger partial charge in [0, 0.05) is 25.5 Å². The third-order valence-electron chi connectivity index (χ3n) is 1.69. The molecule has 0 saturated carbocycles. The molecule has 0 aromatic carbocycles. The second kappa shape index (κ2) is 5.03. The first kappa shape index (κ1) is 9.21. The molecule has 0 rings (SSSR count). The molecule has 0 aromatic rings. The molecule has 1 atom stereocenters. The fraction of sp³-hybridized carbons (Fsp3) is 0.625. The van der Waals surface area contributed by atoms with E-state index in [1.807, 2.05) is 13.2 Å². The normalized spacial score (nSPS) is 13.5. The molecule has 0 heterocycles. The van der Waals surface area contributed by atoms with Crippen molar-refractivity contribution in [3.63, 3.8) is 0 Å². The van der Waals surface area contributed by atoms with Crippen molar-refractivity contribution in [3.05, 3.63) is 12.4 Å². The van der Waals surface area contributed by atoms with Crippen molar-refractivity contribution in [1.82, 2.24) is 4.90 Å². The molecule has 0 aromatic heterocycles. The molecule has 0 N–H and O–H groups in total. The van der Waals surface area contributed by atoms with Gasteiger partial charge in [-0.3, -0.25) is 4.99 Å². The molecule has 0 spiro atoms. The summed E-state index contributed by atoms with van der Waals surface area (Å²) in [5.41, 5.74) is 0. The molecule has 0 aliphatic heterocycles. The Morgan fingerprint density at radius 1 is 1.70 bits per heavy atom. The van der Waals surface area contributed by atoms with E-state index >= 15 is 0 Å². The van der Waals surface area contributed by atoms with Crippen LogP contribution >= 0.6 is 0 Å². The van der Waals surface area contributed by atoms with Crippen LogP contribution in [0.4, 0.5) is 0 Å². The molecule has 2 heteroatoms. The van der Waals surface area contributed by atoms with E-state index in [-0.39, 0.29) is 0 Å². The number of hydrogen-bond donors (Lipinski definition) is 0. The quantitative estimate of drug-likeness (QED) is 0.544. The lowest BCUT2D eigenvalue weighted by atomic mass is 10.2. The minimum Gasteiger partial charge on any atom is -0.376 e. The van der Waals surface area contributed by atoms with Gasteiger partial charge in [0.2, 0.25) is 0 Å². The van der Waals surface area contributed by atoms with Gasteiger partial charge in [0.1, 0.15) is 0 Å². The Morgan fingerprint density at radius 3 is 2.70 bits per heavy atom. The molecule has 2 nitrogen and oxygen atoms in total. The predicted molar refractivity (Wildman–Crippen MR) is 46.2 cm³/mol. The van der Waals surface area contributed by atoms with Gasteiger partial charge in [-0.25, -0.2) is 0 Å². The molecule has 0 aliphatic carbocycles. The van der Waals surface area contributed by atoms with E-state index in [1.165, 1.54) is 0 Å². The fourth-order valence-corrected chi connectivity index (χ4v) is 0.587. The van der Waals surface area contributed by atoms with E-state index in [4.69, 9.17) is 0 Å². The molecule has 58 valence electrons. The molecule has 0 radical (unpaired) electrons. The van der Waals surface area contributed by atoms with Crippen LogP contribution < -0.4 is 0 Å². The van der Waals surface area contributed by atoms with Crippen molar-refractivity contribution in [1.29, 1.82) is 0 Å². The number of nitrogens with zero attached hydrogens (tertiary/aromatic N) is 2. The maximum absolute atomic E-state index is 3.62. The highest BCUT2D eigenvalue weighted by Crippen LogP contribution is 1.99. The summed E-state index contributed by atoms with van der Waals surface area (Å²) in [5.74, 6) is 0. The zero-order chi connectivity index (χ0) is 7.98. The highest BCUT2D eigenvalue weighted by atomic mass is 15.1. The summed E-state index contributed by atoms with van der Waals surface area (Å²) in [7, 11) is 2.04. The smallest absolute Gasteiger partial charge is 0.0419 e. The van der Waals surface area contributed by atoms with E-state index in [1.54, 1.807) is 6.20 Å². The van der Waals surface area contributed by atoms with E-state index in [9.17, 15) is 0 Å². The zero-order valence-corrected chi connectivity index (χ0v) is 7.04. The van der Waals surface area contributed by atoms with Gasteiger partial charge in [0.05, 0.1) is 0 Å². The second-order valence-corrected chi connectivity index (χ2v) is 2.40. The van der Waals surface area contributed by atoms with Crippen LogP contribution in [0.2, 0.25) is 0 Å². The minimum atomic E-state index is 0.581. The van der Waals surface area contributed by atoms with Gasteiger partial charge in [-0.2, -0.15) is 0 Å². The fourth-order valence-electron chi connectivity index (χ4n) is 0.587. The molecule has 0 fully saturated rings. The third-order valence-corrected chi connectivity index (χ3v) is 1.69. The van der Waals surface area contributed by atoms with Crippen LogP contribution in [-0.4, -0.2) is 24.7 Å². The predicted octanol–water partition coefficient (Wildman–Crippen LogP) is 1.89. The molecular weight excluding hydrogens is 124 g/mol. The molecule has 0 bridgehead atoms. The van der Waals surface area contributed by atoms with Crippen molar-refractivity contribution in [2.75, 3.05) is 7.05 Å². The average Bonchev–Trinajstić information content (AvgIpc) is 1.98. The summed E-state index contributed by atoms with van der Waals surface area (Å²) >= 11 is 0. The lowest BCUT2D eigenvalue weighted by molar-refractivity contribution is 0.343. The van der Waals surface area contributed by atoms with E-state index in [0.717, 1.165) is 6.42 Å². The summed E-state index contributed by atoms with van der Waals surface area (Å²) in [6.45, 7) is 7.69. The van der Waals surface area contributed by atoms with E-state index in [0.29, 0.717) is 6.04 Å². The SMILES string of the molecule is C=N/C=C\N(C)C(C)CC. The average molecular weight is 140 g/mol. The van der Waals surface area contributed by atoms with Gasteiger partial charge in [0.25, 0.3) is 0 Å². The van der Waals surface area contributed by atoms with Gasteiger partial charge in [-0.1, -0.05) is 6.92 Å². The Hall–Kier alpha value is -0.790. The maximum atomic E-state index is 3.62. The summed E-state index contributed by atoms with van der Waals surface area (Å²) < 4.78 is 0. The molecule has 1 unspecified atom stereocenters. The summed E-state index contributed by atoms with van der Waals surface area (Å²) in [5, 5.41) is 0. The third kappa shape index (κ3) is 3.28. The summed E-state index contributed by atoms with van der Waals surface area (Å²) in [6.07, 6.45) is 4.78. The summed E-state index contributed by atoms with van der Waals surface area (Å²) in [6, 6.07) is 0.581. The Kier molecular flexibility index (Phi) is 4.63. The minimum absolute atomic E-state index is 0.581. The molecule has 0 aliphatic rings. The number of rotatable bonds is 4. The Labute approximate surface area is 63.3 Å². The Bertz CT molecular complexity index is 118. The zero-order valence-electron chi connectivity index (χ0n) is 7.04. The Morgan fingerprint density at radius 2 is 2.30 bits per heavy atom. The highest BCUT2D eigenvalue weighted by molar-refractivity contribution is 5.25.